The van der Waals surface area contributed by atoms with E-state index in [1.165, 1.54) is 41.3 Å². The molecule has 1 unspecified atom stereocenters. The van der Waals surface area contributed by atoms with Gasteiger partial charge in [0.1, 0.15) is 17.6 Å². The van der Waals surface area contributed by atoms with Gasteiger partial charge in [-0.3, -0.25) is 14.3 Å². The molecule has 0 heterocycles. The van der Waals surface area contributed by atoms with Crippen LogP contribution in [0.3, 0.4) is 0 Å². The van der Waals surface area contributed by atoms with Crippen molar-refractivity contribution in [1.82, 2.24) is 10.2 Å². The maximum atomic E-state index is 13.1. The van der Waals surface area contributed by atoms with E-state index in [-0.39, 0.29) is 35.4 Å². The van der Waals surface area contributed by atoms with E-state index in [4.69, 9.17) is 4.74 Å². The number of amides is 2. The molecule has 2 N–H and O–H groups in total. The third kappa shape index (κ3) is 8.04. The Morgan fingerprint density at radius 3 is 2.24 bits per heavy atom. The minimum absolute atomic E-state index is 0.0255. The molecule has 37 heavy (non-hydrogen) atoms. The summed E-state index contributed by atoms with van der Waals surface area (Å²) in [6, 6.07) is 19.1. The number of nitrogens with one attached hydrogen (secondary N) is 2. The molecule has 10 heteroatoms. The highest BCUT2D eigenvalue weighted by molar-refractivity contribution is 7.92. The Morgan fingerprint density at radius 2 is 1.62 bits per heavy atom. The summed E-state index contributed by atoms with van der Waals surface area (Å²) in [5.41, 5.74) is 1.09. The van der Waals surface area contributed by atoms with Crippen LogP contribution in [0.4, 0.5) is 10.1 Å². The van der Waals surface area contributed by atoms with Crippen LogP contribution in [-0.4, -0.2) is 44.3 Å². The highest BCUT2D eigenvalue weighted by Crippen LogP contribution is 2.20. The highest BCUT2D eigenvalue weighted by atomic mass is 32.2. The van der Waals surface area contributed by atoms with Gasteiger partial charge in [-0.25, -0.2) is 12.8 Å². The van der Waals surface area contributed by atoms with E-state index in [1.54, 1.807) is 6.92 Å². The third-order valence-corrected chi connectivity index (χ3v) is 6.90. The van der Waals surface area contributed by atoms with Crippen LogP contribution in [0.1, 0.15) is 25.8 Å². The van der Waals surface area contributed by atoms with Gasteiger partial charge in [-0.05, 0) is 67.4 Å². The van der Waals surface area contributed by atoms with Crippen LogP contribution >= 0.6 is 0 Å². The second-order valence-corrected chi connectivity index (χ2v) is 10.0. The summed E-state index contributed by atoms with van der Waals surface area (Å²) >= 11 is 0. The Bertz CT molecular complexity index is 1280. The van der Waals surface area contributed by atoms with Crippen molar-refractivity contribution in [2.24, 2.45) is 0 Å². The van der Waals surface area contributed by atoms with E-state index in [0.29, 0.717) is 6.54 Å². The average molecular weight is 528 g/mol. The van der Waals surface area contributed by atoms with Crippen LogP contribution in [0.25, 0.3) is 0 Å². The number of sulfonamides is 1. The zero-order valence-corrected chi connectivity index (χ0v) is 21.5. The Balaban J connectivity index is 1.66. The normalized spacial score (nSPS) is 11.9. The van der Waals surface area contributed by atoms with Gasteiger partial charge < -0.3 is 15.0 Å². The zero-order valence-electron chi connectivity index (χ0n) is 20.7. The molecule has 0 aromatic heterocycles. The number of hydrogen-bond donors (Lipinski definition) is 2. The molecule has 0 spiro atoms. The number of carbonyl (C=O) groups is 2. The topological polar surface area (TPSA) is 105 Å². The molecule has 2 amide bonds. The fourth-order valence-electron chi connectivity index (χ4n) is 3.43. The zero-order chi connectivity index (χ0) is 26.8. The van der Waals surface area contributed by atoms with Gasteiger partial charge in [0.2, 0.25) is 5.91 Å². The molecule has 0 bridgehead atoms. The average Bonchev–Trinajstić information content (AvgIpc) is 2.90. The second-order valence-electron chi connectivity index (χ2n) is 8.35. The van der Waals surface area contributed by atoms with Crippen molar-refractivity contribution in [1.29, 1.82) is 0 Å². The molecule has 0 aliphatic heterocycles. The van der Waals surface area contributed by atoms with Crippen LogP contribution in [-0.2, 0) is 26.2 Å². The quantitative estimate of drug-likeness (QED) is 0.371. The first-order valence-electron chi connectivity index (χ1n) is 11.8. The number of ether oxygens (including phenoxy) is 1. The smallest absolute Gasteiger partial charge is 0.261 e. The van der Waals surface area contributed by atoms with Crippen LogP contribution in [0.15, 0.2) is 83.8 Å². The molecule has 0 saturated heterocycles. The Labute approximate surface area is 216 Å². The van der Waals surface area contributed by atoms with E-state index in [0.717, 1.165) is 24.1 Å². The lowest BCUT2D eigenvalue weighted by molar-refractivity contribution is -0.142. The minimum atomic E-state index is -3.90. The molecule has 3 aromatic rings. The van der Waals surface area contributed by atoms with Crippen molar-refractivity contribution >= 4 is 27.5 Å². The molecule has 0 aliphatic carbocycles. The minimum Gasteiger partial charge on any atom is -0.484 e. The molecule has 196 valence electrons. The van der Waals surface area contributed by atoms with Crippen molar-refractivity contribution in [2.45, 2.75) is 37.8 Å². The van der Waals surface area contributed by atoms with Crippen molar-refractivity contribution in [2.75, 3.05) is 17.9 Å². The second kappa shape index (κ2) is 12.9. The molecule has 3 aromatic carbocycles. The van der Waals surface area contributed by atoms with E-state index >= 15 is 0 Å². The van der Waals surface area contributed by atoms with E-state index in [9.17, 15) is 22.4 Å². The van der Waals surface area contributed by atoms with Crippen LogP contribution < -0.4 is 14.8 Å². The molecule has 3 rings (SSSR count). The molecule has 0 aliphatic rings. The molecule has 0 fully saturated rings. The Morgan fingerprint density at radius 1 is 0.973 bits per heavy atom. The van der Waals surface area contributed by atoms with Gasteiger partial charge in [0, 0.05) is 18.8 Å². The number of benzene rings is 3. The molecule has 8 nitrogen and oxygen atoms in total. The van der Waals surface area contributed by atoms with Gasteiger partial charge in [0.05, 0.1) is 4.90 Å². The summed E-state index contributed by atoms with van der Waals surface area (Å²) in [6.45, 7) is 4.02. The van der Waals surface area contributed by atoms with Gasteiger partial charge in [0.15, 0.2) is 6.61 Å². The van der Waals surface area contributed by atoms with Crippen molar-refractivity contribution in [3.63, 3.8) is 0 Å². The van der Waals surface area contributed by atoms with Gasteiger partial charge in [-0.15, -0.1) is 0 Å². The van der Waals surface area contributed by atoms with Crippen LogP contribution in [0, 0.1) is 5.82 Å². The number of anilines is 1. The van der Waals surface area contributed by atoms with E-state index in [2.05, 4.69) is 10.0 Å². The summed E-state index contributed by atoms with van der Waals surface area (Å²) in [7, 11) is -3.90. The molecule has 1 atom stereocenters. The molecular formula is C27H30FN3O5S. The largest absolute Gasteiger partial charge is 0.484 e. The Kier molecular flexibility index (Phi) is 9.62. The van der Waals surface area contributed by atoms with Gasteiger partial charge in [-0.1, -0.05) is 37.3 Å². The molecular weight excluding hydrogens is 497 g/mol. The molecule has 0 saturated carbocycles. The standard InChI is InChI=1S/C27H30FN3O5S/c1-3-17-29-27(33)20(2)31(18-21-7-5-4-6-8-21)26(32)19-36-24-13-15-25(16-14-24)37(34,35)30-23-11-9-22(28)10-12-23/h4-16,20,30H,3,17-19H2,1-2H3,(H,29,33). The SMILES string of the molecule is CCCNC(=O)C(C)N(Cc1ccccc1)C(=O)COc1ccc(S(=O)(=O)Nc2ccc(F)cc2)cc1. The van der Waals surface area contributed by atoms with Crippen molar-refractivity contribution < 1.29 is 27.1 Å². The lowest BCUT2D eigenvalue weighted by Gasteiger charge is -2.28. The van der Waals surface area contributed by atoms with Gasteiger partial charge in [0.25, 0.3) is 15.9 Å². The highest BCUT2D eigenvalue weighted by Gasteiger charge is 2.26. The monoisotopic (exact) mass is 527 g/mol. The predicted octanol–water partition coefficient (Wildman–Crippen LogP) is 3.95. The number of carbonyl (C=O) groups excluding carboxylic acids is 2. The molecule has 0 radical (unpaired) electrons. The number of rotatable bonds is 12. The summed E-state index contributed by atoms with van der Waals surface area (Å²) in [5, 5.41) is 2.81. The number of halogens is 1. The van der Waals surface area contributed by atoms with E-state index in [1.807, 2.05) is 37.3 Å². The van der Waals surface area contributed by atoms with Crippen molar-refractivity contribution in [3.8, 4) is 5.75 Å². The Hall–Kier alpha value is -3.92. The first-order chi connectivity index (χ1) is 17.7. The van der Waals surface area contributed by atoms with Gasteiger partial charge >= 0.3 is 0 Å². The number of hydrogen-bond acceptors (Lipinski definition) is 5. The predicted molar refractivity (Wildman–Crippen MR) is 139 cm³/mol. The van der Waals surface area contributed by atoms with E-state index < -0.39 is 27.8 Å². The fraction of sp³-hybridized carbons (Fsp3) is 0.259. The summed E-state index contributed by atoms with van der Waals surface area (Å²) in [5.74, 6) is -0.832. The lowest BCUT2D eigenvalue weighted by atomic mass is 10.1. The maximum absolute atomic E-state index is 13.1. The number of nitrogens with zero attached hydrogens (tertiary/aromatic N) is 1. The summed E-state index contributed by atoms with van der Waals surface area (Å²) in [4.78, 5) is 27.1. The van der Waals surface area contributed by atoms with Crippen LogP contribution in [0.2, 0.25) is 0 Å². The van der Waals surface area contributed by atoms with Crippen molar-refractivity contribution in [3.05, 3.63) is 90.2 Å². The first-order valence-corrected chi connectivity index (χ1v) is 13.3. The summed E-state index contributed by atoms with van der Waals surface area (Å²) in [6.07, 6.45) is 0.777. The lowest BCUT2D eigenvalue weighted by Crippen LogP contribution is -2.49. The first kappa shape index (κ1) is 27.7. The maximum Gasteiger partial charge on any atom is 0.261 e. The van der Waals surface area contributed by atoms with Gasteiger partial charge in [-0.2, -0.15) is 0 Å². The summed E-state index contributed by atoms with van der Waals surface area (Å²) < 4.78 is 46.3. The fourth-order valence-corrected chi connectivity index (χ4v) is 4.49. The third-order valence-electron chi connectivity index (χ3n) is 5.51. The van der Waals surface area contributed by atoms with Crippen LogP contribution in [0.5, 0.6) is 5.75 Å².